The second-order valence-electron chi connectivity index (χ2n) is 7.79. The van der Waals surface area contributed by atoms with Crippen LogP contribution in [-0.2, 0) is 11.3 Å². The van der Waals surface area contributed by atoms with Crippen LogP contribution < -0.4 is 10.6 Å². The molecule has 0 bridgehead atoms. The minimum Gasteiger partial charge on any atom is -0.342 e. The zero-order valence-corrected chi connectivity index (χ0v) is 20.6. The molecule has 0 fully saturated rings. The summed E-state index contributed by atoms with van der Waals surface area (Å²) < 4.78 is 1.91. The fourth-order valence-corrected chi connectivity index (χ4v) is 4.45. The van der Waals surface area contributed by atoms with E-state index in [1.54, 1.807) is 36.4 Å². The van der Waals surface area contributed by atoms with Crippen LogP contribution in [-0.4, -0.2) is 37.6 Å². The lowest BCUT2D eigenvalue weighted by molar-refractivity contribution is -0.115. The van der Waals surface area contributed by atoms with Crippen molar-refractivity contribution in [3.8, 4) is 0 Å². The molecule has 2 atom stereocenters. The maximum Gasteiger partial charge on any atom is 0.251 e. The molecule has 1 heterocycles. The van der Waals surface area contributed by atoms with Gasteiger partial charge in [-0.15, -0.1) is 10.2 Å². The third-order valence-corrected chi connectivity index (χ3v) is 6.62. The van der Waals surface area contributed by atoms with Crippen LogP contribution in [0.15, 0.2) is 59.8 Å². The Balaban J connectivity index is 1.71. The molecule has 0 spiro atoms. The molecule has 2 amide bonds. The lowest BCUT2D eigenvalue weighted by atomic mass is 10.1. The van der Waals surface area contributed by atoms with Crippen LogP contribution in [0.3, 0.4) is 0 Å². The SMILES string of the molecule is CC[C@H](Sc1nnc([C@H](C)NC(=O)c2ccccc2)n1CC)C(=O)Nc1cccc(C(C)=O)c1. The van der Waals surface area contributed by atoms with Crippen LogP contribution in [0.25, 0.3) is 0 Å². The number of rotatable bonds is 10. The number of carbonyl (C=O) groups is 3. The van der Waals surface area contributed by atoms with Crippen molar-refractivity contribution in [3.63, 3.8) is 0 Å². The molecule has 2 aromatic carbocycles. The summed E-state index contributed by atoms with van der Waals surface area (Å²) >= 11 is 1.33. The van der Waals surface area contributed by atoms with E-state index in [0.717, 1.165) is 0 Å². The quantitative estimate of drug-likeness (QED) is 0.328. The van der Waals surface area contributed by atoms with Gasteiger partial charge in [0.1, 0.15) is 0 Å². The number of amides is 2. The summed E-state index contributed by atoms with van der Waals surface area (Å²) in [6.45, 7) is 7.84. The van der Waals surface area contributed by atoms with E-state index in [0.29, 0.717) is 40.8 Å². The highest BCUT2D eigenvalue weighted by molar-refractivity contribution is 8.00. The number of hydrogen-bond acceptors (Lipinski definition) is 6. The molecule has 8 nitrogen and oxygen atoms in total. The molecule has 0 aliphatic rings. The van der Waals surface area contributed by atoms with Crippen molar-refractivity contribution < 1.29 is 14.4 Å². The van der Waals surface area contributed by atoms with Crippen molar-refractivity contribution in [3.05, 3.63) is 71.5 Å². The molecule has 9 heteroatoms. The van der Waals surface area contributed by atoms with Gasteiger partial charge in [0.2, 0.25) is 5.91 Å². The highest BCUT2D eigenvalue weighted by atomic mass is 32.2. The largest absolute Gasteiger partial charge is 0.342 e. The Labute approximate surface area is 203 Å². The molecule has 0 saturated heterocycles. The molecule has 0 saturated carbocycles. The molecule has 0 aliphatic carbocycles. The Kier molecular flexibility index (Phi) is 8.59. The number of aromatic nitrogens is 3. The summed E-state index contributed by atoms with van der Waals surface area (Å²) in [7, 11) is 0. The van der Waals surface area contributed by atoms with Crippen LogP contribution in [0, 0.1) is 0 Å². The van der Waals surface area contributed by atoms with Gasteiger partial charge in [0.25, 0.3) is 5.91 Å². The second-order valence-corrected chi connectivity index (χ2v) is 8.96. The topological polar surface area (TPSA) is 106 Å². The molecular formula is C25H29N5O3S. The van der Waals surface area contributed by atoms with E-state index < -0.39 is 5.25 Å². The zero-order chi connectivity index (χ0) is 24.7. The molecule has 1 aromatic heterocycles. The summed E-state index contributed by atoms with van der Waals surface area (Å²) in [5.41, 5.74) is 1.69. The zero-order valence-electron chi connectivity index (χ0n) is 19.7. The standard InChI is InChI=1S/C25H29N5O3S/c1-5-21(24(33)27-20-14-10-13-19(15-20)17(4)31)34-25-29-28-22(30(25)6-2)16(3)26-23(32)18-11-8-7-9-12-18/h7-16,21H,5-6H2,1-4H3,(H,26,32)(H,27,33)/t16-,21-/m0/s1. The lowest BCUT2D eigenvalue weighted by Crippen LogP contribution is -2.29. The summed E-state index contributed by atoms with van der Waals surface area (Å²) in [4.78, 5) is 37.1. The van der Waals surface area contributed by atoms with Crippen molar-refractivity contribution in [2.24, 2.45) is 0 Å². The van der Waals surface area contributed by atoms with E-state index in [1.807, 2.05) is 43.5 Å². The monoisotopic (exact) mass is 479 g/mol. The number of nitrogens with one attached hydrogen (secondary N) is 2. The number of nitrogens with zero attached hydrogens (tertiary/aromatic N) is 3. The van der Waals surface area contributed by atoms with Gasteiger partial charge in [-0.3, -0.25) is 14.4 Å². The molecule has 0 unspecified atom stereocenters. The Bertz CT molecular complexity index is 1160. The number of carbonyl (C=O) groups excluding carboxylic acids is 3. The number of anilines is 1. The van der Waals surface area contributed by atoms with Crippen molar-refractivity contribution >= 4 is 35.0 Å². The minimum absolute atomic E-state index is 0.0606. The summed E-state index contributed by atoms with van der Waals surface area (Å²) in [6.07, 6.45) is 0.578. The van der Waals surface area contributed by atoms with Crippen molar-refractivity contribution in [1.82, 2.24) is 20.1 Å². The maximum atomic E-state index is 12.9. The molecule has 3 aromatic rings. The predicted molar refractivity (Wildman–Crippen MR) is 133 cm³/mol. The van der Waals surface area contributed by atoms with Gasteiger partial charge in [0.15, 0.2) is 16.8 Å². The van der Waals surface area contributed by atoms with E-state index in [4.69, 9.17) is 0 Å². The molecule has 3 rings (SSSR count). The first-order valence-corrected chi connectivity index (χ1v) is 12.1. The average Bonchev–Trinajstić information content (AvgIpc) is 3.25. The highest BCUT2D eigenvalue weighted by Crippen LogP contribution is 2.27. The van der Waals surface area contributed by atoms with E-state index in [9.17, 15) is 14.4 Å². The van der Waals surface area contributed by atoms with E-state index in [-0.39, 0.29) is 23.6 Å². The number of thioether (sulfide) groups is 1. The van der Waals surface area contributed by atoms with E-state index in [1.165, 1.54) is 18.7 Å². The third kappa shape index (κ3) is 6.11. The highest BCUT2D eigenvalue weighted by Gasteiger charge is 2.25. The number of hydrogen-bond donors (Lipinski definition) is 2. The molecule has 2 N–H and O–H groups in total. The number of Topliss-reactive ketones (excluding diaryl/α,β-unsaturated/α-hetero) is 1. The molecule has 0 aliphatic heterocycles. The summed E-state index contributed by atoms with van der Waals surface area (Å²) in [5.74, 6) is 0.200. The number of ketones is 1. The number of benzene rings is 2. The average molecular weight is 480 g/mol. The van der Waals surface area contributed by atoms with Gasteiger partial charge < -0.3 is 15.2 Å². The molecule has 0 radical (unpaired) electrons. The third-order valence-electron chi connectivity index (χ3n) is 5.28. The van der Waals surface area contributed by atoms with Crippen LogP contribution >= 0.6 is 11.8 Å². The van der Waals surface area contributed by atoms with Gasteiger partial charge in [0, 0.05) is 23.4 Å². The van der Waals surface area contributed by atoms with Crippen molar-refractivity contribution in [2.45, 2.75) is 57.1 Å². The minimum atomic E-state index is -0.405. The van der Waals surface area contributed by atoms with Gasteiger partial charge >= 0.3 is 0 Å². The van der Waals surface area contributed by atoms with E-state index in [2.05, 4.69) is 20.8 Å². The van der Waals surface area contributed by atoms with Gasteiger partial charge in [0.05, 0.1) is 11.3 Å². The fourth-order valence-electron chi connectivity index (χ4n) is 3.43. The van der Waals surface area contributed by atoms with Crippen LogP contribution in [0.5, 0.6) is 0 Å². The second kappa shape index (κ2) is 11.6. The first-order chi connectivity index (χ1) is 16.3. The first-order valence-electron chi connectivity index (χ1n) is 11.2. The maximum absolute atomic E-state index is 12.9. The van der Waals surface area contributed by atoms with Crippen LogP contribution in [0.4, 0.5) is 5.69 Å². The Morgan fingerprint density at radius 2 is 1.71 bits per heavy atom. The van der Waals surface area contributed by atoms with Crippen molar-refractivity contribution in [2.75, 3.05) is 5.32 Å². The van der Waals surface area contributed by atoms with Gasteiger partial charge in [-0.25, -0.2) is 0 Å². The fraction of sp³-hybridized carbons (Fsp3) is 0.320. The summed E-state index contributed by atoms with van der Waals surface area (Å²) in [5, 5.41) is 14.7. The lowest BCUT2D eigenvalue weighted by Gasteiger charge is -2.17. The molecule has 178 valence electrons. The smallest absolute Gasteiger partial charge is 0.251 e. The van der Waals surface area contributed by atoms with E-state index >= 15 is 0 Å². The van der Waals surface area contributed by atoms with Crippen LogP contribution in [0.1, 0.15) is 66.7 Å². The van der Waals surface area contributed by atoms with Gasteiger partial charge in [-0.2, -0.15) is 0 Å². The Morgan fingerprint density at radius 1 is 1.00 bits per heavy atom. The van der Waals surface area contributed by atoms with Crippen LogP contribution in [0.2, 0.25) is 0 Å². The van der Waals surface area contributed by atoms with Gasteiger partial charge in [-0.1, -0.05) is 49.0 Å². The molecular weight excluding hydrogens is 450 g/mol. The Morgan fingerprint density at radius 3 is 2.35 bits per heavy atom. The predicted octanol–water partition coefficient (Wildman–Crippen LogP) is 4.50. The Hall–Kier alpha value is -3.46. The summed E-state index contributed by atoms with van der Waals surface area (Å²) in [6, 6.07) is 15.5. The first kappa shape index (κ1) is 25.2. The van der Waals surface area contributed by atoms with Crippen molar-refractivity contribution in [1.29, 1.82) is 0 Å². The normalized spacial score (nSPS) is 12.6. The molecule has 34 heavy (non-hydrogen) atoms. The van der Waals surface area contributed by atoms with Gasteiger partial charge in [-0.05, 0) is 51.5 Å².